The van der Waals surface area contributed by atoms with Crippen molar-refractivity contribution in [3.8, 4) is 0 Å². The monoisotopic (exact) mass is 168 g/mol. The molecule has 1 aromatic rings. The maximum atomic E-state index is 11.1. The molecule has 0 saturated heterocycles. The smallest absolute Gasteiger partial charge is 0.283 e. The summed E-state index contributed by atoms with van der Waals surface area (Å²) < 4.78 is 1.61. The molecular weight excluding hydrogens is 156 g/mol. The fraction of sp³-hybridized carbons (Fsp3) is 0.429. The quantitative estimate of drug-likeness (QED) is 0.365. The van der Waals surface area contributed by atoms with Crippen LogP contribution in [-0.4, -0.2) is 15.7 Å². The third-order valence-corrected chi connectivity index (χ3v) is 1.57. The van der Waals surface area contributed by atoms with Crippen molar-refractivity contribution in [2.24, 2.45) is 5.84 Å². The number of carbonyl (C=O) groups is 1. The van der Waals surface area contributed by atoms with Crippen molar-refractivity contribution in [3.63, 3.8) is 0 Å². The van der Waals surface area contributed by atoms with Gasteiger partial charge < -0.3 is 0 Å². The fourth-order valence-electron chi connectivity index (χ4n) is 1.04. The second-order valence-corrected chi connectivity index (χ2v) is 2.46. The highest BCUT2D eigenvalue weighted by atomic mass is 16.2. The van der Waals surface area contributed by atoms with Crippen molar-refractivity contribution < 1.29 is 4.79 Å². The van der Waals surface area contributed by atoms with Gasteiger partial charge in [-0.15, -0.1) is 0 Å². The lowest BCUT2D eigenvalue weighted by Crippen LogP contribution is -2.31. The normalized spacial score (nSPS) is 9.92. The highest BCUT2D eigenvalue weighted by Gasteiger charge is 2.10. The first-order valence-corrected chi connectivity index (χ1v) is 3.74. The fourth-order valence-corrected chi connectivity index (χ4v) is 1.04. The van der Waals surface area contributed by atoms with Crippen LogP contribution in [0, 0.1) is 6.92 Å². The first-order chi connectivity index (χ1) is 5.69. The molecular formula is C7H12N4O. The number of carbonyl (C=O) groups excluding carboxylic acids is 1. The van der Waals surface area contributed by atoms with E-state index in [1.165, 1.54) is 0 Å². The lowest BCUT2D eigenvalue weighted by Gasteiger charge is -2.01. The van der Waals surface area contributed by atoms with Crippen molar-refractivity contribution in [2.75, 3.05) is 0 Å². The molecule has 0 atom stereocenters. The summed E-state index contributed by atoms with van der Waals surface area (Å²) in [4.78, 5) is 11.1. The SMILES string of the molecule is CCn1nc(C)cc1C(=O)NN. The van der Waals surface area contributed by atoms with Crippen molar-refractivity contribution in [3.05, 3.63) is 17.5 Å². The van der Waals surface area contributed by atoms with Gasteiger partial charge in [0.05, 0.1) is 5.69 Å². The van der Waals surface area contributed by atoms with E-state index in [1.807, 2.05) is 13.8 Å². The Morgan fingerprint density at radius 2 is 2.50 bits per heavy atom. The van der Waals surface area contributed by atoms with E-state index in [2.05, 4.69) is 10.5 Å². The number of hydrogen-bond acceptors (Lipinski definition) is 3. The number of aromatic nitrogens is 2. The molecule has 0 aliphatic rings. The Hall–Kier alpha value is -1.36. The molecule has 1 aromatic heterocycles. The summed E-state index contributed by atoms with van der Waals surface area (Å²) in [5.41, 5.74) is 3.38. The standard InChI is InChI=1S/C7H12N4O/c1-3-11-6(7(12)9-8)4-5(2)10-11/h4H,3,8H2,1-2H3,(H,9,12). The van der Waals surface area contributed by atoms with E-state index in [4.69, 9.17) is 5.84 Å². The molecule has 0 aliphatic heterocycles. The summed E-state index contributed by atoms with van der Waals surface area (Å²) in [6.45, 7) is 4.41. The van der Waals surface area contributed by atoms with Crippen LogP contribution in [0.3, 0.4) is 0 Å². The lowest BCUT2D eigenvalue weighted by atomic mass is 10.3. The van der Waals surface area contributed by atoms with E-state index in [-0.39, 0.29) is 5.91 Å². The van der Waals surface area contributed by atoms with Crippen molar-refractivity contribution >= 4 is 5.91 Å². The summed E-state index contributed by atoms with van der Waals surface area (Å²) in [7, 11) is 0. The molecule has 0 saturated carbocycles. The van der Waals surface area contributed by atoms with E-state index < -0.39 is 0 Å². The van der Waals surface area contributed by atoms with Gasteiger partial charge in [0.15, 0.2) is 0 Å². The van der Waals surface area contributed by atoms with Crippen LogP contribution in [0.4, 0.5) is 0 Å². The molecule has 0 aliphatic carbocycles. The molecule has 1 heterocycles. The van der Waals surface area contributed by atoms with Crippen molar-refractivity contribution in [1.82, 2.24) is 15.2 Å². The van der Waals surface area contributed by atoms with Gasteiger partial charge >= 0.3 is 0 Å². The van der Waals surface area contributed by atoms with Crippen LogP contribution < -0.4 is 11.3 Å². The topological polar surface area (TPSA) is 72.9 Å². The molecule has 0 bridgehead atoms. The predicted octanol–water partition coefficient (Wildman–Crippen LogP) is -0.185. The molecule has 0 unspecified atom stereocenters. The molecule has 3 N–H and O–H groups in total. The Balaban J connectivity index is 3.04. The highest BCUT2D eigenvalue weighted by molar-refractivity contribution is 5.92. The molecule has 0 fully saturated rings. The van der Waals surface area contributed by atoms with E-state index in [1.54, 1.807) is 10.7 Å². The van der Waals surface area contributed by atoms with Crippen LogP contribution >= 0.6 is 0 Å². The average molecular weight is 168 g/mol. The number of nitrogens with zero attached hydrogens (tertiary/aromatic N) is 2. The maximum Gasteiger partial charge on any atom is 0.283 e. The summed E-state index contributed by atoms with van der Waals surface area (Å²) in [6, 6.07) is 1.70. The molecule has 1 rings (SSSR count). The number of nitrogen functional groups attached to an aromatic ring is 1. The van der Waals surface area contributed by atoms with Crippen LogP contribution in [0.15, 0.2) is 6.07 Å². The van der Waals surface area contributed by atoms with Gasteiger partial charge in [-0.05, 0) is 19.9 Å². The zero-order valence-corrected chi connectivity index (χ0v) is 7.16. The number of aryl methyl sites for hydroxylation is 2. The second kappa shape index (κ2) is 3.36. The molecule has 0 spiro atoms. The zero-order chi connectivity index (χ0) is 9.14. The Morgan fingerprint density at radius 1 is 1.83 bits per heavy atom. The summed E-state index contributed by atoms with van der Waals surface area (Å²) >= 11 is 0. The van der Waals surface area contributed by atoms with Gasteiger partial charge in [-0.1, -0.05) is 0 Å². The number of nitrogens with two attached hydrogens (primary N) is 1. The van der Waals surface area contributed by atoms with Crippen LogP contribution in [0.2, 0.25) is 0 Å². The van der Waals surface area contributed by atoms with Crippen LogP contribution in [0.5, 0.6) is 0 Å². The number of nitrogens with one attached hydrogen (secondary N) is 1. The number of rotatable bonds is 2. The van der Waals surface area contributed by atoms with Gasteiger partial charge in [-0.2, -0.15) is 5.10 Å². The van der Waals surface area contributed by atoms with Gasteiger partial charge in [0.25, 0.3) is 5.91 Å². The van der Waals surface area contributed by atoms with E-state index in [0.29, 0.717) is 12.2 Å². The second-order valence-electron chi connectivity index (χ2n) is 2.46. The summed E-state index contributed by atoms with van der Waals surface area (Å²) in [5.74, 6) is 4.69. The highest BCUT2D eigenvalue weighted by Crippen LogP contribution is 2.02. The minimum Gasteiger partial charge on any atom is -0.289 e. The van der Waals surface area contributed by atoms with Gasteiger partial charge in [-0.25, -0.2) is 5.84 Å². The van der Waals surface area contributed by atoms with Crippen molar-refractivity contribution in [2.45, 2.75) is 20.4 Å². The lowest BCUT2D eigenvalue weighted by molar-refractivity contribution is 0.0943. The minimum absolute atomic E-state index is 0.308. The number of amides is 1. The van der Waals surface area contributed by atoms with E-state index in [9.17, 15) is 4.79 Å². The zero-order valence-electron chi connectivity index (χ0n) is 7.16. The van der Waals surface area contributed by atoms with Crippen LogP contribution in [-0.2, 0) is 6.54 Å². The molecule has 66 valence electrons. The van der Waals surface area contributed by atoms with Gasteiger partial charge in [0.2, 0.25) is 0 Å². The van der Waals surface area contributed by atoms with Gasteiger partial charge in [0, 0.05) is 6.54 Å². The number of hydrogen-bond donors (Lipinski definition) is 2. The Kier molecular flexibility index (Phi) is 2.44. The molecule has 1 amide bonds. The van der Waals surface area contributed by atoms with Gasteiger partial charge in [0.1, 0.15) is 5.69 Å². The van der Waals surface area contributed by atoms with Crippen LogP contribution in [0.25, 0.3) is 0 Å². The Labute approximate surface area is 70.5 Å². The number of hydrazine groups is 1. The molecule has 5 heteroatoms. The molecule has 12 heavy (non-hydrogen) atoms. The molecule has 0 radical (unpaired) electrons. The van der Waals surface area contributed by atoms with E-state index in [0.717, 1.165) is 5.69 Å². The van der Waals surface area contributed by atoms with Gasteiger partial charge in [-0.3, -0.25) is 14.9 Å². The molecule has 5 nitrogen and oxygen atoms in total. The Morgan fingerprint density at radius 3 is 3.00 bits per heavy atom. The minimum atomic E-state index is -0.308. The average Bonchev–Trinajstić information content (AvgIpc) is 2.45. The third kappa shape index (κ3) is 1.45. The van der Waals surface area contributed by atoms with E-state index >= 15 is 0 Å². The first kappa shape index (κ1) is 8.73. The first-order valence-electron chi connectivity index (χ1n) is 3.74. The Bertz CT molecular complexity index is 292. The van der Waals surface area contributed by atoms with Crippen LogP contribution in [0.1, 0.15) is 23.1 Å². The maximum absolute atomic E-state index is 11.1. The third-order valence-electron chi connectivity index (χ3n) is 1.57. The predicted molar refractivity (Wildman–Crippen MR) is 44.3 cm³/mol. The molecule has 0 aromatic carbocycles. The summed E-state index contributed by atoms with van der Waals surface area (Å²) in [6.07, 6.45) is 0. The van der Waals surface area contributed by atoms with Crippen molar-refractivity contribution in [1.29, 1.82) is 0 Å². The summed E-state index contributed by atoms with van der Waals surface area (Å²) in [5, 5.41) is 4.10. The largest absolute Gasteiger partial charge is 0.289 e.